The van der Waals surface area contributed by atoms with Gasteiger partial charge in [0.25, 0.3) is 5.88 Å². The van der Waals surface area contributed by atoms with Gasteiger partial charge in [-0.25, -0.2) is 14.4 Å². The maximum Gasteiger partial charge on any atom is 0.260 e. The predicted molar refractivity (Wildman–Crippen MR) is 104 cm³/mol. The highest BCUT2D eigenvalue weighted by molar-refractivity contribution is 5.90. The van der Waals surface area contributed by atoms with E-state index in [0.29, 0.717) is 34.9 Å². The van der Waals surface area contributed by atoms with E-state index in [1.807, 2.05) is 12.1 Å². The van der Waals surface area contributed by atoms with Crippen LogP contribution in [0.15, 0.2) is 64.5 Å². The van der Waals surface area contributed by atoms with Crippen molar-refractivity contribution < 1.29 is 8.81 Å². The van der Waals surface area contributed by atoms with Crippen molar-refractivity contribution in [2.45, 2.75) is 6.54 Å². The van der Waals surface area contributed by atoms with Crippen molar-refractivity contribution in [1.82, 2.24) is 15.0 Å². The molecule has 1 aromatic carbocycles. The number of halogens is 1. The monoisotopic (exact) mass is 375 g/mol. The molecule has 28 heavy (non-hydrogen) atoms. The highest BCUT2D eigenvalue weighted by Gasteiger charge is 2.08. The Hall–Kier alpha value is -3.94. The molecule has 4 aromatic rings. The van der Waals surface area contributed by atoms with Crippen LogP contribution in [0.5, 0.6) is 0 Å². The summed E-state index contributed by atoms with van der Waals surface area (Å²) in [7, 11) is 0. The molecule has 0 saturated carbocycles. The van der Waals surface area contributed by atoms with E-state index < -0.39 is 0 Å². The minimum absolute atomic E-state index is 0.0139. The van der Waals surface area contributed by atoms with Crippen LogP contribution in [0.25, 0.3) is 23.1 Å². The molecule has 138 valence electrons. The molecule has 0 fully saturated rings. The minimum atomic E-state index is -0.382. The van der Waals surface area contributed by atoms with E-state index in [4.69, 9.17) is 4.42 Å². The molecule has 0 bridgehead atoms. The van der Waals surface area contributed by atoms with Crippen molar-refractivity contribution in [1.29, 1.82) is 0 Å². The standard InChI is InChI=1S/C20H14FN5O2/c21-14-3-6-16-17(10-14)24-18(7-4-15-5-8-19(26-27)28-15)25-20(16)23-12-13-2-1-9-22-11-13/h1-11H,12H2,(H,23,24,25)/b7-4+. The van der Waals surface area contributed by atoms with Gasteiger partial charge in [-0.3, -0.25) is 4.98 Å². The molecule has 0 atom stereocenters. The molecule has 0 saturated heterocycles. The number of nitrogens with zero attached hydrogens (tertiary/aromatic N) is 4. The highest BCUT2D eigenvalue weighted by Crippen LogP contribution is 2.23. The molecule has 0 unspecified atom stereocenters. The van der Waals surface area contributed by atoms with Crippen LogP contribution < -0.4 is 5.32 Å². The van der Waals surface area contributed by atoms with Crippen LogP contribution in [-0.2, 0) is 6.54 Å². The number of aromatic nitrogens is 3. The second-order valence-electron chi connectivity index (χ2n) is 5.91. The Morgan fingerprint density at radius 2 is 2.07 bits per heavy atom. The zero-order chi connectivity index (χ0) is 19.3. The molecule has 0 spiro atoms. The Morgan fingerprint density at radius 3 is 2.86 bits per heavy atom. The quantitative estimate of drug-likeness (QED) is 0.480. The lowest BCUT2D eigenvalue weighted by Gasteiger charge is -2.10. The molecule has 0 radical (unpaired) electrons. The molecule has 0 aliphatic carbocycles. The van der Waals surface area contributed by atoms with Crippen LogP contribution in [0.2, 0.25) is 0 Å². The molecule has 1 N–H and O–H groups in total. The van der Waals surface area contributed by atoms with Gasteiger partial charge in [-0.15, -0.1) is 4.91 Å². The number of anilines is 1. The summed E-state index contributed by atoms with van der Waals surface area (Å²) in [5.41, 5.74) is 1.45. The van der Waals surface area contributed by atoms with Crippen molar-refractivity contribution in [2.75, 3.05) is 5.32 Å². The van der Waals surface area contributed by atoms with Gasteiger partial charge in [0.05, 0.1) is 5.52 Å². The summed E-state index contributed by atoms with van der Waals surface area (Å²) < 4.78 is 18.9. The largest absolute Gasteiger partial charge is 0.436 e. The van der Waals surface area contributed by atoms with Gasteiger partial charge in [0.15, 0.2) is 5.82 Å². The van der Waals surface area contributed by atoms with Gasteiger partial charge < -0.3 is 9.73 Å². The maximum atomic E-state index is 13.7. The highest BCUT2D eigenvalue weighted by atomic mass is 19.1. The number of pyridine rings is 1. The summed E-state index contributed by atoms with van der Waals surface area (Å²) in [4.78, 5) is 23.4. The lowest BCUT2D eigenvalue weighted by molar-refractivity contribution is 0.567. The number of hydrogen-bond acceptors (Lipinski definition) is 7. The van der Waals surface area contributed by atoms with Crippen LogP contribution in [0, 0.1) is 10.7 Å². The van der Waals surface area contributed by atoms with Crippen LogP contribution >= 0.6 is 0 Å². The average Bonchev–Trinajstić information content (AvgIpc) is 3.19. The minimum Gasteiger partial charge on any atom is -0.436 e. The summed E-state index contributed by atoms with van der Waals surface area (Å²) in [6, 6.07) is 11.2. The van der Waals surface area contributed by atoms with E-state index in [1.165, 1.54) is 18.2 Å². The molecule has 8 heteroatoms. The van der Waals surface area contributed by atoms with E-state index in [2.05, 4.69) is 25.4 Å². The number of hydrogen-bond donors (Lipinski definition) is 1. The Labute approximate surface area is 158 Å². The van der Waals surface area contributed by atoms with E-state index in [9.17, 15) is 9.30 Å². The lowest BCUT2D eigenvalue weighted by Crippen LogP contribution is -2.04. The van der Waals surface area contributed by atoms with Crippen molar-refractivity contribution >= 4 is 34.8 Å². The lowest BCUT2D eigenvalue weighted by atomic mass is 10.2. The second kappa shape index (κ2) is 7.75. The van der Waals surface area contributed by atoms with Gasteiger partial charge in [-0.2, -0.15) is 0 Å². The first-order chi connectivity index (χ1) is 13.7. The molecular weight excluding hydrogens is 361 g/mol. The van der Waals surface area contributed by atoms with E-state index in [1.54, 1.807) is 36.7 Å². The number of fused-ring (bicyclic) bond motifs is 1. The summed E-state index contributed by atoms with van der Waals surface area (Å²) in [5.74, 6) is 0.974. The summed E-state index contributed by atoms with van der Waals surface area (Å²) in [5, 5.41) is 6.68. The Morgan fingerprint density at radius 1 is 1.14 bits per heavy atom. The number of nitrogens with one attached hydrogen (secondary N) is 1. The van der Waals surface area contributed by atoms with Gasteiger partial charge in [0, 0.05) is 41.6 Å². The van der Waals surface area contributed by atoms with Crippen molar-refractivity contribution in [3.8, 4) is 0 Å². The first-order valence-electron chi connectivity index (χ1n) is 8.42. The third-order valence-electron chi connectivity index (χ3n) is 3.96. The summed E-state index contributed by atoms with van der Waals surface area (Å²) in [6.07, 6.45) is 6.69. The number of furan rings is 1. The average molecular weight is 375 g/mol. The van der Waals surface area contributed by atoms with Gasteiger partial charge >= 0.3 is 0 Å². The zero-order valence-electron chi connectivity index (χ0n) is 14.5. The fourth-order valence-corrected chi connectivity index (χ4v) is 2.66. The first-order valence-corrected chi connectivity index (χ1v) is 8.42. The van der Waals surface area contributed by atoms with Crippen LogP contribution in [0.1, 0.15) is 17.1 Å². The number of benzene rings is 1. The van der Waals surface area contributed by atoms with E-state index in [0.717, 1.165) is 5.56 Å². The van der Waals surface area contributed by atoms with Gasteiger partial charge in [-0.1, -0.05) is 6.07 Å². The van der Waals surface area contributed by atoms with Crippen LogP contribution in [0.3, 0.4) is 0 Å². The maximum absolute atomic E-state index is 13.7. The second-order valence-corrected chi connectivity index (χ2v) is 5.91. The van der Waals surface area contributed by atoms with Crippen molar-refractivity contribution in [3.63, 3.8) is 0 Å². The fraction of sp³-hybridized carbons (Fsp3) is 0.0500. The molecule has 0 aliphatic rings. The molecule has 0 amide bonds. The van der Waals surface area contributed by atoms with Crippen molar-refractivity contribution in [2.24, 2.45) is 5.18 Å². The van der Waals surface area contributed by atoms with E-state index in [-0.39, 0.29) is 11.7 Å². The molecule has 7 nitrogen and oxygen atoms in total. The Bertz CT molecular complexity index is 1160. The van der Waals surface area contributed by atoms with Crippen LogP contribution in [-0.4, -0.2) is 15.0 Å². The molecule has 3 aromatic heterocycles. The SMILES string of the molecule is O=Nc1ccc(/C=C/c2nc(NCc3cccnc3)c3ccc(F)cc3n2)o1. The smallest absolute Gasteiger partial charge is 0.260 e. The predicted octanol–water partition coefficient (Wildman–Crippen LogP) is 4.94. The normalized spacial score (nSPS) is 11.2. The first kappa shape index (κ1) is 17.5. The molecular formula is C20H14FN5O2. The molecule has 4 rings (SSSR count). The molecule has 3 heterocycles. The Kier molecular flexibility index (Phi) is 4.83. The van der Waals surface area contributed by atoms with Crippen molar-refractivity contribution in [3.05, 3.63) is 82.7 Å². The van der Waals surface area contributed by atoms with Gasteiger partial charge in [-0.05, 0) is 42.0 Å². The topological polar surface area (TPSA) is 93.3 Å². The Balaban J connectivity index is 1.67. The third kappa shape index (κ3) is 3.90. The third-order valence-corrected chi connectivity index (χ3v) is 3.96. The molecule has 0 aliphatic heterocycles. The van der Waals surface area contributed by atoms with Crippen LogP contribution in [0.4, 0.5) is 16.1 Å². The summed E-state index contributed by atoms with van der Waals surface area (Å²) >= 11 is 0. The number of rotatable bonds is 6. The van der Waals surface area contributed by atoms with Gasteiger partial charge in [0.2, 0.25) is 0 Å². The van der Waals surface area contributed by atoms with Gasteiger partial charge in [0.1, 0.15) is 17.4 Å². The van der Waals surface area contributed by atoms with E-state index >= 15 is 0 Å². The fourth-order valence-electron chi connectivity index (χ4n) is 2.66. The summed E-state index contributed by atoms with van der Waals surface area (Å²) in [6.45, 7) is 0.507. The zero-order valence-corrected chi connectivity index (χ0v) is 14.5. The number of nitroso groups, excluding NO2 is 1.